The molecule has 7 nitrogen and oxygen atoms in total. The van der Waals surface area contributed by atoms with Crippen molar-refractivity contribution in [3.63, 3.8) is 0 Å². The van der Waals surface area contributed by atoms with Crippen LogP contribution in [0.25, 0.3) is 0 Å². The van der Waals surface area contributed by atoms with E-state index in [-0.39, 0.29) is 18.5 Å². The lowest BCUT2D eigenvalue weighted by molar-refractivity contribution is 0.0158. The van der Waals surface area contributed by atoms with Gasteiger partial charge in [0.2, 0.25) is 0 Å². The van der Waals surface area contributed by atoms with Gasteiger partial charge in [0.25, 0.3) is 0 Å². The second kappa shape index (κ2) is 6.44. The standard InChI is InChI=1S/C12H19N5O2/c13-11(14)10-12(16-4-3-15-10)17-5-1-9(2-6-17)19-8-7-18/h3-4,9,18H,1-2,5-8H2,(H3,13,14). The van der Waals surface area contributed by atoms with Crippen molar-refractivity contribution in [2.24, 2.45) is 5.73 Å². The highest BCUT2D eigenvalue weighted by Gasteiger charge is 2.23. The summed E-state index contributed by atoms with van der Waals surface area (Å²) in [6, 6.07) is 0. The topological polar surface area (TPSA) is 108 Å². The van der Waals surface area contributed by atoms with Gasteiger partial charge in [0.15, 0.2) is 5.82 Å². The molecule has 4 N–H and O–H groups in total. The molecule has 7 heteroatoms. The Balaban J connectivity index is 2.00. The van der Waals surface area contributed by atoms with E-state index in [0.29, 0.717) is 18.1 Å². The minimum atomic E-state index is -0.0678. The number of rotatable bonds is 5. The Morgan fingerprint density at radius 3 is 2.74 bits per heavy atom. The zero-order valence-electron chi connectivity index (χ0n) is 10.7. The van der Waals surface area contributed by atoms with Crippen LogP contribution in [0.15, 0.2) is 12.4 Å². The van der Waals surface area contributed by atoms with Crippen molar-refractivity contribution < 1.29 is 9.84 Å². The van der Waals surface area contributed by atoms with Crippen LogP contribution in [-0.2, 0) is 4.74 Å². The lowest BCUT2D eigenvalue weighted by Crippen LogP contribution is -2.39. The second-order valence-electron chi connectivity index (χ2n) is 4.42. The highest BCUT2D eigenvalue weighted by atomic mass is 16.5. The molecule has 104 valence electrons. The summed E-state index contributed by atoms with van der Waals surface area (Å²) in [5, 5.41) is 16.3. The molecule has 0 saturated carbocycles. The molecule has 0 amide bonds. The Morgan fingerprint density at radius 2 is 2.11 bits per heavy atom. The number of aliphatic hydroxyl groups excluding tert-OH is 1. The van der Waals surface area contributed by atoms with Gasteiger partial charge in [0, 0.05) is 25.5 Å². The van der Waals surface area contributed by atoms with Crippen LogP contribution in [0.1, 0.15) is 18.5 Å². The molecule has 19 heavy (non-hydrogen) atoms. The zero-order valence-corrected chi connectivity index (χ0v) is 10.7. The fraction of sp³-hybridized carbons (Fsp3) is 0.583. The molecule has 1 saturated heterocycles. The van der Waals surface area contributed by atoms with Crippen LogP contribution >= 0.6 is 0 Å². The summed E-state index contributed by atoms with van der Waals surface area (Å²) in [5.74, 6) is 0.595. The first-order valence-corrected chi connectivity index (χ1v) is 6.35. The van der Waals surface area contributed by atoms with Gasteiger partial charge in [-0.15, -0.1) is 0 Å². The van der Waals surface area contributed by atoms with Crippen molar-refractivity contribution >= 4 is 11.7 Å². The molecule has 2 rings (SSSR count). The minimum Gasteiger partial charge on any atom is -0.394 e. The summed E-state index contributed by atoms with van der Waals surface area (Å²) < 4.78 is 5.51. The third-order valence-electron chi connectivity index (χ3n) is 3.12. The number of aromatic nitrogens is 2. The molecule has 0 radical (unpaired) electrons. The first-order valence-electron chi connectivity index (χ1n) is 6.35. The lowest BCUT2D eigenvalue weighted by atomic mass is 10.1. The van der Waals surface area contributed by atoms with Gasteiger partial charge in [0.05, 0.1) is 19.3 Å². The van der Waals surface area contributed by atoms with E-state index in [4.69, 9.17) is 21.0 Å². The van der Waals surface area contributed by atoms with Crippen LogP contribution in [0, 0.1) is 5.41 Å². The molecular weight excluding hydrogens is 246 g/mol. The number of nitrogens with two attached hydrogens (primary N) is 1. The number of hydrogen-bond acceptors (Lipinski definition) is 6. The SMILES string of the molecule is N=C(N)c1nccnc1N1CCC(OCCO)CC1. The van der Waals surface area contributed by atoms with Gasteiger partial charge in [-0.25, -0.2) is 9.97 Å². The fourth-order valence-electron chi connectivity index (χ4n) is 2.21. The molecular formula is C12H19N5O2. The van der Waals surface area contributed by atoms with Crippen LogP contribution in [0.3, 0.4) is 0 Å². The molecule has 1 aromatic rings. The summed E-state index contributed by atoms with van der Waals surface area (Å²) in [6.07, 6.45) is 5.07. The van der Waals surface area contributed by atoms with E-state index in [0.717, 1.165) is 25.9 Å². The number of aliphatic hydroxyl groups is 1. The van der Waals surface area contributed by atoms with Gasteiger partial charge in [-0.05, 0) is 12.8 Å². The smallest absolute Gasteiger partial charge is 0.158 e. The number of nitrogen functional groups attached to an aromatic ring is 1. The maximum Gasteiger partial charge on any atom is 0.158 e. The highest BCUT2D eigenvalue weighted by Crippen LogP contribution is 2.21. The highest BCUT2D eigenvalue weighted by molar-refractivity contribution is 5.97. The fourth-order valence-corrected chi connectivity index (χ4v) is 2.21. The molecule has 0 unspecified atom stereocenters. The van der Waals surface area contributed by atoms with Crippen molar-refractivity contribution in [1.82, 2.24) is 9.97 Å². The Bertz CT molecular complexity index is 432. The van der Waals surface area contributed by atoms with Crippen LogP contribution in [0.5, 0.6) is 0 Å². The maximum atomic E-state index is 8.73. The zero-order chi connectivity index (χ0) is 13.7. The number of nitrogens with zero attached hydrogens (tertiary/aromatic N) is 3. The summed E-state index contributed by atoms with van der Waals surface area (Å²) in [6.45, 7) is 2.01. The normalized spacial score (nSPS) is 16.6. The average Bonchev–Trinajstić information content (AvgIpc) is 2.45. The molecule has 0 spiro atoms. The molecule has 0 aliphatic carbocycles. The summed E-state index contributed by atoms with van der Waals surface area (Å²) in [4.78, 5) is 10.4. The number of anilines is 1. The van der Waals surface area contributed by atoms with E-state index >= 15 is 0 Å². The van der Waals surface area contributed by atoms with Crippen LogP contribution in [0.4, 0.5) is 5.82 Å². The molecule has 2 heterocycles. The third kappa shape index (κ3) is 3.39. The van der Waals surface area contributed by atoms with Crippen molar-refractivity contribution in [2.75, 3.05) is 31.2 Å². The maximum absolute atomic E-state index is 8.73. The largest absolute Gasteiger partial charge is 0.394 e. The van der Waals surface area contributed by atoms with Gasteiger partial charge in [-0.3, -0.25) is 5.41 Å². The molecule has 0 bridgehead atoms. The third-order valence-corrected chi connectivity index (χ3v) is 3.12. The number of piperidine rings is 1. The van der Waals surface area contributed by atoms with Crippen molar-refractivity contribution in [1.29, 1.82) is 5.41 Å². The lowest BCUT2D eigenvalue weighted by Gasteiger charge is -2.33. The second-order valence-corrected chi connectivity index (χ2v) is 4.42. The molecule has 1 fully saturated rings. The summed E-state index contributed by atoms with van der Waals surface area (Å²) in [5.41, 5.74) is 5.94. The number of ether oxygens (including phenoxy) is 1. The van der Waals surface area contributed by atoms with Crippen molar-refractivity contribution in [3.8, 4) is 0 Å². The van der Waals surface area contributed by atoms with Crippen molar-refractivity contribution in [3.05, 3.63) is 18.1 Å². The van der Waals surface area contributed by atoms with E-state index in [1.165, 1.54) is 6.20 Å². The Hall–Kier alpha value is -1.73. The molecule has 1 aromatic heterocycles. The number of nitrogens with one attached hydrogen (secondary N) is 1. The monoisotopic (exact) mass is 265 g/mol. The Labute approximate surface area is 111 Å². The van der Waals surface area contributed by atoms with E-state index in [1.54, 1.807) is 6.20 Å². The van der Waals surface area contributed by atoms with Gasteiger partial charge < -0.3 is 20.5 Å². The predicted octanol–water partition coefficient (Wildman–Crippen LogP) is -0.262. The van der Waals surface area contributed by atoms with Crippen molar-refractivity contribution in [2.45, 2.75) is 18.9 Å². The Kier molecular flexibility index (Phi) is 4.64. The van der Waals surface area contributed by atoms with Gasteiger partial charge in [0.1, 0.15) is 11.5 Å². The van der Waals surface area contributed by atoms with E-state index in [2.05, 4.69) is 14.9 Å². The van der Waals surface area contributed by atoms with E-state index in [9.17, 15) is 0 Å². The van der Waals surface area contributed by atoms with E-state index in [1.807, 2.05) is 0 Å². The first-order chi connectivity index (χ1) is 9.22. The quantitative estimate of drug-likeness (QED) is 0.500. The van der Waals surface area contributed by atoms with Crippen LogP contribution in [0.2, 0.25) is 0 Å². The number of hydrogen-bond donors (Lipinski definition) is 3. The van der Waals surface area contributed by atoms with Crippen LogP contribution < -0.4 is 10.6 Å². The summed E-state index contributed by atoms with van der Waals surface area (Å²) in [7, 11) is 0. The first kappa shape index (κ1) is 13.7. The van der Waals surface area contributed by atoms with Gasteiger partial charge >= 0.3 is 0 Å². The molecule has 0 atom stereocenters. The van der Waals surface area contributed by atoms with Gasteiger partial charge in [-0.1, -0.05) is 0 Å². The van der Waals surface area contributed by atoms with Gasteiger partial charge in [-0.2, -0.15) is 0 Å². The predicted molar refractivity (Wildman–Crippen MR) is 71.3 cm³/mol. The van der Waals surface area contributed by atoms with E-state index < -0.39 is 0 Å². The summed E-state index contributed by atoms with van der Waals surface area (Å²) >= 11 is 0. The average molecular weight is 265 g/mol. The Morgan fingerprint density at radius 1 is 1.42 bits per heavy atom. The molecule has 0 aromatic carbocycles. The molecule has 1 aliphatic heterocycles. The number of amidine groups is 1. The van der Waals surface area contributed by atoms with Crippen LogP contribution in [-0.4, -0.2) is 53.3 Å². The minimum absolute atomic E-state index is 0.0544. The molecule has 1 aliphatic rings.